The number of hydrogen-bond acceptors (Lipinski definition) is 3. The maximum absolute atomic E-state index is 7.25. The van der Waals surface area contributed by atoms with E-state index in [0.717, 1.165) is 0 Å². The lowest BCUT2D eigenvalue weighted by atomic mass is 9.85. The zero-order valence-electron chi connectivity index (χ0n) is 28.5. The SMILES string of the molecule is CC(C)(C)C(O[SiH](c1ccccc1)c1ccccc1)C(N)CO[Si](c1ccccc1)(c1ccccc1)C(C)(C)C.[CH3][Al]([CH3])[CH3]. The highest BCUT2D eigenvalue weighted by molar-refractivity contribution is 6.99. The van der Waals surface area contributed by atoms with E-state index in [1.165, 1.54) is 20.7 Å². The van der Waals surface area contributed by atoms with Gasteiger partial charge in [-0.05, 0) is 31.2 Å². The number of rotatable bonds is 10. The van der Waals surface area contributed by atoms with Gasteiger partial charge in [0.1, 0.15) is 0 Å². The van der Waals surface area contributed by atoms with Crippen LogP contribution in [0.25, 0.3) is 0 Å². The number of benzene rings is 4. The standard InChI is InChI=1S/C35H45NO2Si2.3CH3.Al/c1-34(2,3)33(38-39(28-19-11-7-12-20-28)29-21-13-8-14-22-29)32(36)27-37-40(35(4,5)6,30-23-15-9-16-24-30)31-25-17-10-18-26-31;;;;/h7-26,32-33,39H,27,36H2,1-6H3;3*1H3;. The van der Waals surface area contributed by atoms with Crippen LogP contribution in [0.2, 0.25) is 22.4 Å². The Morgan fingerprint density at radius 2 is 0.977 bits per heavy atom. The molecule has 44 heavy (non-hydrogen) atoms. The van der Waals surface area contributed by atoms with E-state index in [9.17, 15) is 0 Å². The van der Waals surface area contributed by atoms with Gasteiger partial charge in [0.25, 0.3) is 22.5 Å². The van der Waals surface area contributed by atoms with Gasteiger partial charge in [0.2, 0.25) is 9.04 Å². The van der Waals surface area contributed by atoms with Crippen molar-refractivity contribution in [2.45, 2.75) is 76.1 Å². The molecule has 2 N–H and O–H groups in total. The summed E-state index contributed by atoms with van der Waals surface area (Å²) in [5, 5.41) is 4.91. The van der Waals surface area contributed by atoms with Gasteiger partial charge in [-0.1, -0.05) is 163 Å². The lowest BCUT2D eigenvalue weighted by Crippen LogP contribution is -2.68. The van der Waals surface area contributed by atoms with Gasteiger partial charge in [0, 0.05) is 0 Å². The Morgan fingerprint density at radius 3 is 1.30 bits per heavy atom. The summed E-state index contributed by atoms with van der Waals surface area (Å²) in [6, 6.07) is 42.5. The normalized spacial score (nSPS) is 13.5. The molecular weight excluding hydrogens is 586 g/mol. The van der Waals surface area contributed by atoms with Crippen molar-refractivity contribution >= 4 is 52.3 Å². The Morgan fingerprint density at radius 1 is 0.636 bits per heavy atom. The quantitative estimate of drug-likeness (QED) is 0.209. The molecule has 0 saturated heterocycles. The molecule has 0 heterocycles. The minimum absolute atomic E-state index is 0.112. The second-order valence-electron chi connectivity index (χ2n) is 14.5. The Hall–Kier alpha value is -2.27. The first-order valence-corrected chi connectivity index (χ1v) is 23.0. The first-order valence-electron chi connectivity index (χ1n) is 16.0. The molecule has 0 bridgehead atoms. The van der Waals surface area contributed by atoms with Crippen molar-refractivity contribution in [2.75, 3.05) is 6.61 Å². The third-order valence-electron chi connectivity index (χ3n) is 7.64. The van der Waals surface area contributed by atoms with Crippen LogP contribution in [0.3, 0.4) is 0 Å². The molecule has 3 nitrogen and oxygen atoms in total. The van der Waals surface area contributed by atoms with Crippen LogP contribution >= 0.6 is 0 Å². The third kappa shape index (κ3) is 9.61. The van der Waals surface area contributed by atoms with Gasteiger partial charge in [-0.15, -0.1) is 17.4 Å². The lowest BCUT2D eigenvalue weighted by Gasteiger charge is -2.45. The number of hydrogen-bond donors (Lipinski definition) is 1. The fourth-order valence-corrected chi connectivity index (χ4v) is 13.1. The molecular formula is C38H54AlNO2Si2. The monoisotopic (exact) mass is 639 g/mol. The molecule has 0 fully saturated rings. The zero-order valence-corrected chi connectivity index (χ0v) is 31.8. The van der Waals surface area contributed by atoms with E-state index in [0.29, 0.717) is 6.61 Å². The smallest absolute Gasteiger partial charge is 0.261 e. The molecule has 4 rings (SSSR count). The largest absolute Gasteiger partial charge is 0.406 e. The lowest BCUT2D eigenvalue weighted by molar-refractivity contribution is 0.0474. The molecule has 4 aromatic carbocycles. The molecule has 2 unspecified atom stereocenters. The van der Waals surface area contributed by atoms with Crippen LogP contribution in [0, 0.1) is 5.41 Å². The van der Waals surface area contributed by atoms with E-state index in [-0.39, 0.29) is 36.7 Å². The first-order chi connectivity index (χ1) is 20.8. The van der Waals surface area contributed by atoms with Crippen LogP contribution in [0.5, 0.6) is 0 Å². The summed E-state index contributed by atoms with van der Waals surface area (Å²) < 4.78 is 14.4. The van der Waals surface area contributed by atoms with Crippen molar-refractivity contribution in [1.82, 2.24) is 0 Å². The van der Waals surface area contributed by atoms with E-state index in [4.69, 9.17) is 14.6 Å². The molecule has 0 aromatic heterocycles. The molecule has 2 atom stereocenters. The van der Waals surface area contributed by atoms with Crippen molar-refractivity contribution in [1.29, 1.82) is 0 Å². The molecule has 0 aliphatic heterocycles. The summed E-state index contributed by atoms with van der Waals surface area (Å²) in [7, 11) is -4.72. The van der Waals surface area contributed by atoms with Gasteiger partial charge in [0.15, 0.2) is 0 Å². The van der Waals surface area contributed by atoms with Gasteiger partial charge >= 0.3 is 0 Å². The highest BCUT2D eigenvalue weighted by atomic mass is 28.4. The van der Waals surface area contributed by atoms with Crippen molar-refractivity contribution < 1.29 is 8.85 Å². The average Bonchev–Trinajstić information content (AvgIpc) is 2.98. The molecule has 0 radical (unpaired) electrons. The van der Waals surface area contributed by atoms with Gasteiger partial charge in [-0.25, -0.2) is 0 Å². The van der Waals surface area contributed by atoms with Crippen LogP contribution < -0.4 is 26.5 Å². The summed E-state index contributed by atoms with van der Waals surface area (Å²) in [4.78, 5) is 0. The van der Waals surface area contributed by atoms with Crippen LogP contribution in [0.15, 0.2) is 121 Å². The van der Waals surface area contributed by atoms with Crippen molar-refractivity contribution in [2.24, 2.45) is 11.1 Å². The summed E-state index contributed by atoms with van der Waals surface area (Å²) >= 11 is -0.139. The van der Waals surface area contributed by atoms with E-state index in [1.54, 1.807) is 0 Å². The summed E-state index contributed by atoms with van der Waals surface area (Å²) in [6.07, 6.45) is -0.192. The van der Waals surface area contributed by atoms with Crippen LogP contribution in [-0.4, -0.2) is 50.3 Å². The fraction of sp³-hybridized carbons (Fsp3) is 0.368. The molecule has 0 saturated carbocycles. The molecule has 0 aliphatic rings. The minimum Gasteiger partial charge on any atom is -0.406 e. The second-order valence-corrected chi connectivity index (χ2v) is 24.6. The van der Waals surface area contributed by atoms with E-state index < -0.39 is 17.4 Å². The Bertz CT molecular complexity index is 1280. The zero-order chi connectivity index (χ0) is 32.4. The average molecular weight is 640 g/mol. The van der Waals surface area contributed by atoms with Crippen molar-refractivity contribution in [3.05, 3.63) is 121 Å². The minimum atomic E-state index is -2.71. The molecule has 234 valence electrons. The number of nitrogens with two attached hydrogens (primary N) is 1. The molecule has 4 aromatic rings. The fourth-order valence-electron chi connectivity index (χ4n) is 5.77. The second kappa shape index (κ2) is 16.3. The molecule has 0 aliphatic carbocycles. The van der Waals surface area contributed by atoms with Gasteiger partial charge in [0.05, 0.1) is 18.8 Å². The summed E-state index contributed by atoms with van der Waals surface area (Å²) in [5.74, 6) is 6.92. The Kier molecular flexibility index (Phi) is 13.4. The predicted octanol–water partition coefficient (Wildman–Crippen LogP) is 6.23. The van der Waals surface area contributed by atoms with E-state index in [2.05, 4.69) is 180 Å². The topological polar surface area (TPSA) is 44.5 Å². The maximum Gasteiger partial charge on any atom is 0.261 e. The first kappa shape index (κ1) is 36.2. The molecule has 6 heteroatoms. The predicted molar refractivity (Wildman–Crippen MR) is 199 cm³/mol. The van der Waals surface area contributed by atoms with E-state index in [1.807, 2.05) is 0 Å². The van der Waals surface area contributed by atoms with Crippen LogP contribution in [0.1, 0.15) is 41.5 Å². The molecule has 0 amide bonds. The summed E-state index contributed by atoms with van der Waals surface area (Å²) in [6.45, 7) is 14.0. The van der Waals surface area contributed by atoms with Crippen molar-refractivity contribution in [3.8, 4) is 0 Å². The van der Waals surface area contributed by atoms with Gasteiger partial charge in [-0.3, -0.25) is 0 Å². The Balaban J connectivity index is 0.00000124. The van der Waals surface area contributed by atoms with E-state index >= 15 is 0 Å². The van der Waals surface area contributed by atoms with Crippen LogP contribution in [-0.2, 0) is 8.85 Å². The van der Waals surface area contributed by atoms with Crippen LogP contribution in [0.4, 0.5) is 0 Å². The molecule has 0 spiro atoms. The Labute approximate surface area is 275 Å². The third-order valence-corrected chi connectivity index (χ3v) is 15.2. The van der Waals surface area contributed by atoms with Gasteiger partial charge in [-0.2, -0.15) is 0 Å². The van der Waals surface area contributed by atoms with Gasteiger partial charge < -0.3 is 14.6 Å². The highest BCUT2D eigenvalue weighted by Crippen LogP contribution is 2.37. The summed E-state index contributed by atoms with van der Waals surface area (Å²) in [5.41, 5.74) is 6.93. The van der Waals surface area contributed by atoms with Crippen molar-refractivity contribution in [3.63, 3.8) is 0 Å². The highest BCUT2D eigenvalue weighted by Gasteiger charge is 2.50. The maximum atomic E-state index is 7.25.